The largest absolute Gasteiger partial charge is 0.497 e. The van der Waals surface area contributed by atoms with Crippen LogP contribution in [0, 0.1) is 5.92 Å². The van der Waals surface area contributed by atoms with Gasteiger partial charge >= 0.3 is 6.18 Å². The molecular formula is C25H21F3N2O4S. The van der Waals surface area contributed by atoms with Gasteiger partial charge in [0, 0.05) is 5.56 Å². The molecule has 3 N–H and O–H groups in total. The lowest BCUT2D eigenvalue weighted by atomic mass is 9.77. The first-order chi connectivity index (χ1) is 16.6. The molecule has 1 aliphatic heterocycles. The molecule has 4 rings (SSSR count). The number of hydrogen-bond donors (Lipinski definition) is 3. The third-order valence-corrected chi connectivity index (χ3v) is 5.88. The van der Waals surface area contributed by atoms with Crippen molar-refractivity contribution in [1.29, 1.82) is 0 Å². The summed E-state index contributed by atoms with van der Waals surface area (Å²) in [6.45, 7) is 0. The number of carbonyl (C=O) groups excluding carboxylic acids is 1. The summed E-state index contributed by atoms with van der Waals surface area (Å²) in [5.74, 6) is -1.66. The maximum atomic E-state index is 14.2. The summed E-state index contributed by atoms with van der Waals surface area (Å²) >= 11 is 4.99. The number of alkyl halides is 3. The Morgan fingerprint density at radius 1 is 0.971 bits per heavy atom. The highest BCUT2D eigenvalue weighted by atomic mass is 32.1. The van der Waals surface area contributed by atoms with Crippen molar-refractivity contribution in [3.63, 3.8) is 0 Å². The molecule has 1 heterocycles. The first kappa shape index (κ1) is 24.5. The van der Waals surface area contributed by atoms with Crippen molar-refractivity contribution in [2.75, 3.05) is 7.11 Å². The van der Waals surface area contributed by atoms with Gasteiger partial charge in [-0.25, -0.2) is 0 Å². The average Bonchev–Trinajstić information content (AvgIpc) is 2.83. The summed E-state index contributed by atoms with van der Waals surface area (Å²) in [6, 6.07) is 19.4. The second-order valence-corrected chi connectivity index (χ2v) is 8.31. The summed E-state index contributed by atoms with van der Waals surface area (Å²) in [5.41, 5.74) is -3.37. The van der Waals surface area contributed by atoms with E-state index in [1.807, 2.05) is 11.4 Å². The minimum Gasteiger partial charge on any atom is -0.497 e. The lowest BCUT2D eigenvalue weighted by molar-refractivity contribution is -0.285. The SMILES string of the molecule is COc1ccc(C(=O)C2C(c3cccc(Oc4ccccc4)c3)NC(=S)NC2(O)C(F)(F)F)cc1. The van der Waals surface area contributed by atoms with Gasteiger partial charge < -0.3 is 25.2 Å². The van der Waals surface area contributed by atoms with Crippen LogP contribution in [0.1, 0.15) is 22.0 Å². The summed E-state index contributed by atoms with van der Waals surface area (Å²) in [5, 5.41) is 15.0. The molecule has 1 fully saturated rings. The molecule has 0 amide bonds. The van der Waals surface area contributed by atoms with E-state index in [4.69, 9.17) is 21.7 Å². The molecule has 10 heteroatoms. The summed E-state index contributed by atoms with van der Waals surface area (Å²) in [4.78, 5) is 13.5. The molecular weight excluding hydrogens is 481 g/mol. The third kappa shape index (κ3) is 4.94. The van der Waals surface area contributed by atoms with E-state index >= 15 is 0 Å². The minimum atomic E-state index is -5.22. The molecule has 35 heavy (non-hydrogen) atoms. The zero-order chi connectivity index (χ0) is 25.2. The van der Waals surface area contributed by atoms with Crippen LogP contribution in [0.4, 0.5) is 13.2 Å². The highest BCUT2D eigenvalue weighted by molar-refractivity contribution is 7.80. The topological polar surface area (TPSA) is 79.8 Å². The van der Waals surface area contributed by atoms with Crippen LogP contribution in [0.15, 0.2) is 78.9 Å². The number of ether oxygens (including phenoxy) is 2. The molecule has 1 saturated heterocycles. The number of halogens is 3. The highest BCUT2D eigenvalue weighted by Gasteiger charge is 2.65. The second kappa shape index (κ2) is 9.55. The molecule has 3 atom stereocenters. The van der Waals surface area contributed by atoms with Crippen molar-refractivity contribution in [3.8, 4) is 17.2 Å². The zero-order valence-electron chi connectivity index (χ0n) is 18.4. The fourth-order valence-electron chi connectivity index (χ4n) is 3.95. The summed E-state index contributed by atoms with van der Waals surface area (Å²) in [6.07, 6.45) is -5.22. The van der Waals surface area contributed by atoms with Gasteiger partial charge in [-0.15, -0.1) is 0 Å². The van der Waals surface area contributed by atoms with Crippen LogP contribution in [0.25, 0.3) is 0 Å². The average molecular weight is 503 g/mol. The number of thiocarbonyl (C=S) groups is 1. The Morgan fingerprint density at radius 2 is 1.63 bits per heavy atom. The van der Waals surface area contributed by atoms with Crippen molar-refractivity contribution in [2.24, 2.45) is 5.92 Å². The van der Waals surface area contributed by atoms with Gasteiger partial charge in [0.2, 0.25) is 5.72 Å². The van der Waals surface area contributed by atoms with Gasteiger partial charge in [0.05, 0.1) is 13.2 Å². The lowest BCUT2D eigenvalue weighted by Crippen LogP contribution is -2.72. The minimum absolute atomic E-state index is 0.0309. The number of carbonyl (C=O) groups is 1. The number of Topliss-reactive ketones (excluding diaryl/α,β-unsaturated/α-hetero) is 1. The van der Waals surface area contributed by atoms with Crippen molar-refractivity contribution in [2.45, 2.75) is 17.9 Å². The third-order valence-electron chi connectivity index (χ3n) is 5.66. The monoisotopic (exact) mass is 502 g/mol. The summed E-state index contributed by atoms with van der Waals surface area (Å²) < 4.78 is 53.5. The molecule has 1 aliphatic rings. The van der Waals surface area contributed by atoms with Gasteiger partial charge in [-0.05, 0) is 66.3 Å². The Kier molecular flexibility index (Phi) is 6.68. The number of aliphatic hydroxyl groups is 1. The number of nitrogens with one attached hydrogen (secondary N) is 2. The van der Waals surface area contributed by atoms with Crippen LogP contribution in [-0.2, 0) is 0 Å². The standard InChI is InChI=1S/C25H21F3N2O4S/c1-33-17-12-10-15(11-13-17)22(31)20-21(29-23(35)30-24(20,32)25(26,27)28)16-6-5-9-19(14-16)34-18-7-3-2-4-8-18/h2-14,20-21,32H,1H3,(H2,29,30,35). The second-order valence-electron chi connectivity index (χ2n) is 7.90. The van der Waals surface area contributed by atoms with E-state index in [-0.39, 0.29) is 11.1 Å². The van der Waals surface area contributed by atoms with Crippen LogP contribution >= 0.6 is 12.2 Å². The first-order valence-corrected chi connectivity index (χ1v) is 10.9. The Morgan fingerprint density at radius 3 is 2.26 bits per heavy atom. The Balaban J connectivity index is 1.77. The molecule has 3 aromatic rings. The number of ketones is 1. The molecule has 0 aliphatic carbocycles. The van der Waals surface area contributed by atoms with Crippen molar-refractivity contribution in [1.82, 2.24) is 10.6 Å². The van der Waals surface area contributed by atoms with Gasteiger partial charge in [-0.3, -0.25) is 4.79 Å². The zero-order valence-corrected chi connectivity index (χ0v) is 19.2. The van der Waals surface area contributed by atoms with E-state index in [0.717, 1.165) is 0 Å². The van der Waals surface area contributed by atoms with Crippen LogP contribution in [0.5, 0.6) is 17.2 Å². The fourth-order valence-corrected chi connectivity index (χ4v) is 4.23. The lowest BCUT2D eigenvalue weighted by Gasteiger charge is -2.46. The van der Waals surface area contributed by atoms with Gasteiger partial charge in [-0.2, -0.15) is 13.2 Å². The fraction of sp³-hybridized carbons (Fsp3) is 0.200. The van der Waals surface area contributed by atoms with Gasteiger partial charge in [0.15, 0.2) is 10.9 Å². The van der Waals surface area contributed by atoms with Crippen molar-refractivity contribution >= 4 is 23.1 Å². The Hall–Kier alpha value is -3.63. The van der Waals surface area contributed by atoms with E-state index in [1.54, 1.807) is 36.4 Å². The van der Waals surface area contributed by atoms with Crippen LogP contribution in [0.2, 0.25) is 0 Å². The predicted molar refractivity (Wildman–Crippen MR) is 126 cm³/mol. The quantitative estimate of drug-likeness (QED) is 0.331. The molecule has 3 unspecified atom stereocenters. The van der Waals surface area contributed by atoms with E-state index in [0.29, 0.717) is 17.2 Å². The van der Waals surface area contributed by atoms with Crippen molar-refractivity contribution < 1.29 is 32.5 Å². The van der Waals surface area contributed by atoms with E-state index in [1.165, 1.54) is 43.5 Å². The molecule has 0 bridgehead atoms. The van der Waals surface area contributed by atoms with Gasteiger partial charge in [-0.1, -0.05) is 30.3 Å². The Bertz CT molecular complexity index is 1220. The number of rotatable bonds is 6. The number of hydrogen-bond acceptors (Lipinski definition) is 5. The molecule has 0 aromatic heterocycles. The maximum absolute atomic E-state index is 14.2. The molecule has 0 spiro atoms. The van der Waals surface area contributed by atoms with E-state index in [2.05, 4.69) is 5.32 Å². The van der Waals surface area contributed by atoms with Crippen LogP contribution in [0.3, 0.4) is 0 Å². The molecule has 0 radical (unpaired) electrons. The normalized spacial score (nSPS) is 22.0. The van der Waals surface area contributed by atoms with Crippen LogP contribution in [-0.4, -0.2) is 35.0 Å². The van der Waals surface area contributed by atoms with Gasteiger partial charge in [0.1, 0.15) is 23.2 Å². The summed E-state index contributed by atoms with van der Waals surface area (Å²) in [7, 11) is 1.43. The van der Waals surface area contributed by atoms with Gasteiger partial charge in [0.25, 0.3) is 0 Å². The molecule has 182 valence electrons. The number of benzene rings is 3. The number of methoxy groups -OCH3 is 1. The Labute approximate surface area is 204 Å². The van der Waals surface area contributed by atoms with E-state index < -0.39 is 34.8 Å². The maximum Gasteiger partial charge on any atom is 0.437 e. The molecule has 3 aromatic carbocycles. The number of para-hydroxylation sites is 1. The van der Waals surface area contributed by atoms with E-state index in [9.17, 15) is 23.1 Å². The van der Waals surface area contributed by atoms with Crippen LogP contribution < -0.4 is 20.1 Å². The molecule has 0 saturated carbocycles. The highest BCUT2D eigenvalue weighted by Crippen LogP contribution is 2.44. The molecule has 6 nitrogen and oxygen atoms in total. The predicted octanol–water partition coefficient (Wildman–Crippen LogP) is 4.76. The smallest absolute Gasteiger partial charge is 0.437 e. The first-order valence-electron chi connectivity index (χ1n) is 10.5. The van der Waals surface area contributed by atoms with Crippen molar-refractivity contribution in [3.05, 3.63) is 90.0 Å².